The van der Waals surface area contributed by atoms with Crippen LogP contribution in [0.1, 0.15) is 37.9 Å². The fourth-order valence-corrected chi connectivity index (χ4v) is 3.17. The summed E-state index contributed by atoms with van der Waals surface area (Å²) in [5.74, 6) is 0.924. The van der Waals surface area contributed by atoms with Crippen LogP contribution < -0.4 is 0 Å². The third-order valence-electron chi connectivity index (χ3n) is 4.30. The molecular weight excluding hydrogens is 284 g/mol. The maximum Gasteiger partial charge on any atom is 0.151 e. The van der Waals surface area contributed by atoms with Gasteiger partial charge in [0.2, 0.25) is 0 Å². The van der Waals surface area contributed by atoms with Crippen LogP contribution in [0.2, 0.25) is 5.02 Å². The Morgan fingerprint density at radius 1 is 1.19 bits per heavy atom. The highest BCUT2D eigenvalue weighted by Gasteiger charge is 2.19. The van der Waals surface area contributed by atoms with Crippen LogP contribution in [0, 0.1) is 0 Å². The van der Waals surface area contributed by atoms with Gasteiger partial charge in [-0.2, -0.15) is 0 Å². The van der Waals surface area contributed by atoms with Gasteiger partial charge in [-0.15, -0.1) is 0 Å². The van der Waals surface area contributed by atoms with Gasteiger partial charge in [0.05, 0.1) is 6.54 Å². The third kappa shape index (κ3) is 3.66. The Morgan fingerprint density at radius 2 is 1.90 bits per heavy atom. The van der Waals surface area contributed by atoms with E-state index in [-0.39, 0.29) is 0 Å². The minimum absolute atomic E-state index is 0.683. The molecule has 4 heteroatoms. The van der Waals surface area contributed by atoms with Crippen LogP contribution >= 0.6 is 11.6 Å². The molecule has 0 amide bonds. The standard InChI is InChI=1S/C17H21ClN2O/c1-20(15-5-3-2-4-6-15)12-16-11-17(19-21-16)13-7-9-14(18)10-8-13/h7-11,15H,2-6,12H2,1H3. The molecule has 0 spiro atoms. The molecule has 1 aliphatic carbocycles. The summed E-state index contributed by atoms with van der Waals surface area (Å²) < 4.78 is 5.49. The van der Waals surface area contributed by atoms with Crippen molar-refractivity contribution in [2.24, 2.45) is 0 Å². The zero-order valence-corrected chi connectivity index (χ0v) is 13.1. The normalized spacial score (nSPS) is 16.5. The molecule has 0 aliphatic heterocycles. The average molecular weight is 305 g/mol. The van der Waals surface area contributed by atoms with E-state index in [4.69, 9.17) is 16.1 Å². The Hall–Kier alpha value is -1.32. The summed E-state index contributed by atoms with van der Waals surface area (Å²) in [4.78, 5) is 2.39. The molecule has 1 aliphatic rings. The van der Waals surface area contributed by atoms with Crippen molar-refractivity contribution in [2.75, 3.05) is 7.05 Å². The average Bonchev–Trinajstić information content (AvgIpc) is 2.97. The number of aromatic nitrogens is 1. The highest BCUT2D eigenvalue weighted by molar-refractivity contribution is 6.30. The van der Waals surface area contributed by atoms with Crippen LogP contribution in [-0.4, -0.2) is 23.1 Å². The second kappa shape index (κ2) is 6.63. The molecule has 3 nitrogen and oxygen atoms in total. The van der Waals surface area contributed by atoms with Crippen molar-refractivity contribution in [1.29, 1.82) is 0 Å². The molecule has 0 N–H and O–H groups in total. The molecule has 1 aromatic carbocycles. The Labute approximate surface area is 130 Å². The van der Waals surface area contributed by atoms with Gasteiger partial charge in [0.15, 0.2) is 5.76 Å². The number of benzene rings is 1. The number of halogens is 1. The predicted molar refractivity (Wildman–Crippen MR) is 85.3 cm³/mol. The van der Waals surface area contributed by atoms with Crippen LogP contribution in [0.15, 0.2) is 34.9 Å². The van der Waals surface area contributed by atoms with Crippen molar-refractivity contribution in [2.45, 2.75) is 44.7 Å². The van der Waals surface area contributed by atoms with E-state index in [1.54, 1.807) is 0 Å². The van der Waals surface area contributed by atoms with Gasteiger partial charge in [-0.3, -0.25) is 4.90 Å². The molecule has 1 fully saturated rings. The molecule has 0 atom stereocenters. The van der Waals surface area contributed by atoms with Crippen LogP contribution in [0.4, 0.5) is 0 Å². The number of rotatable bonds is 4. The van der Waals surface area contributed by atoms with Gasteiger partial charge in [-0.25, -0.2) is 0 Å². The summed E-state index contributed by atoms with van der Waals surface area (Å²) in [6.45, 7) is 0.825. The lowest BCUT2D eigenvalue weighted by Gasteiger charge is -2.30. The first kappa shape index (κ1) is 14.6. The molecule has 0 bridgehead atoms. The van der Waals surface area contributed by atoms with Crippen molar-refractivity contribution in [3.63, 3.8) is 0 Å². The van der Waals surface area contributed by atoms with Crippen molar-refractivity contribution in [1.82, 2.24) is 10.1 Å². The molecular formula is C17H21ClN2O. The Kier molecular flexibility index (Phi) is 4.61. The van der Waals surface area contributed by atoms with Gasteiger partial charge >= 0.3 is 0 Å². The quantitative estimate of drug-likeness (QED) is 0.815. The molecule has 0 unspecified atom stereocenters. The van der Waals surface area contributed by atoms with Gasteiger partial charge < -0.3 is 4.52 Å². The molecule has 1 saturated carbocycles. The number of nitrogens with zero attached hydrogens (tertiary/aromatic N) is 2. The van der Waals surface area contributed by atoms with Gasteiger partial charge in [0.25, 0.3) is 0 Å². The lowest BCUT2D eigenvalue weighted by Crippen LogP contribution is -2.32. The van der Waals surface area contributed by atoms with E-state index < -0.39 is 0 Å². The minimum atomic E-state index is 0.683. The van der Waals surface area contributed by atoms with Crippen LogP contribution in [0.3, 0.4) is 0 Å². The lowest BCUT2D eigenvalue weighted by atomic mass is 9.94. The van der Waals surface area contributed by atoms with E-state index in [1.165, 1.54) is 32.1 Å². The second-order valence-electron chi connectivity index (χ2n) is 5.89. The zero-order chi connectivity index (χ0) is 14.7. The molecule has 3 rings (SSSR count). The number of hydrogen-bond donors (Lipinski definition) is 0. The highest BCUT2D eigenvalue weighted by atomic mass is 35.5. The fraction of sp³-hybridized carbons (Fsp3) is 0.471. The minimum Gasteiger partial charge on any atom is -0.359 e. The van der Waals surface area contributed by atoms with Crippen LogP contribution in [0.25, 0.3) is 11.3 Å². The molecule has 112 valence electrons. The first-order valence-electron chi connectivity index (χ1n) is 7.64. The molecule has 0 saturated heterocycles. The predicted octanol–water partition coefficient (Wildman–Crippen LogP) is 4.76. The van der Waals surface area contributed by atoms with Crippen molar-refractivity contribution in [3.8, 4) is 11.3 Å². The molecule has 21 heavy (non-hydrogen) atoms. The first-order chi connectivity index (χ1) is 10.2. The van der Waals surface area contributed by atoms with Crippen molar-refractivity contribution >= 4 is 11.6 Å². The molecule has 1 aromatic heterocycles. The topological polar surface area (TPSA) is 29.3 Å². The largest absolute Gasteiger partial charge is 0.359 e. The van der Waals surface area contributed by atoms with Gasteiger partial charge in [-0.05, 0) is 32.0 Å². The van der Waals surface area contributed by atoms with Gasteiger partial charge in [0, 0.05) is 22.7 Å². The van der Waals surface area contributed by atoms with E-state index in [0.29, 0.717) is 6.04 Å². The van der Waals surface area contributed by atoms with E-state index in [9.17, 15) is 0 Å². The smallest absolute Gasteiger partial charge is 0.151 e. The van der Waals surface area contributed by atoms with Crippen molar-refractivity contribution < 1.29 is 4.52 Å². The maximum absolute atomic E-state index is 5.91. The molecule has 0 radical (unpaired) electrons. The van der Waals surface area contributed by atoms with Crippen LogP contribution in [0.5, 0.6) is 0 Å². The Balaban J connectivity index is 1.65. The lowest BCUT2D eigenvalue weighted by molar-refractivity contribution is 0.168. The van der Waals surface area contributed by atoms with E-state index in [1.807, 2.05) is 30.3 Å². The Bertz CT molecular complexity index is 573. The Morgan fingerprint density at radius 3 is 2.62 bits per heavy atom. The van der Waals surface area contributed by atoms with Crippen LogP contribution in [-0.2, 0) is 6.54 Å². The summed E-state index contributed by atoms with van der Waals surface area (Å²) in [6.07, 6.45) is 6.68. The first-order valence-corrected chi connectivity index (χ1v) is 8.02. The van der Waals surface area contributed by atoms with E-state index in [0.717, 1.165) is 28.6 Å². The fourth-order valence-electron chi connectivity index (χ4n) is 3.04. The van der Waals surface area contributed by atoms with Gasteiger partial charge in [0.1, 0.15) is 5.69 Å². The molecule has 1 heterocycles. The zero-order valence-electron chi connectivity index (χ0n) is 12.4. The van der Waals surface area contributed by atoms with E-state index >= 15 is 0 Å². The third-order valence-corrected chi connectivity index (χ3v) is 4.55. The van der Waals surface area contributed by atoms with Crippen molar-refractivity contribution in [3.05, 3.63) is 41.1 Å². The summed E-state index contributed by atoms with van der Waals surface area (Å²) in [5.41, 5.74) is 1.91. The highest BCUT2D eigenvalue weighted by Crippen LogP contribution is 2.25. The maximum atomic E-state index is 5.91. The monoisotopic (exact) mass is 304 g/mol. The summed E-state index contributed by atoms with van der Waals surface area (Å²) in [5, 5.41) is 4.91. The van der Waals surface area contributed by atoms with E-state index in [2.05, 4.69) is 17.1 Å². The summed E-state index contributed by atoms with van der Waals surface area (Å²) in [6, 6.07) is 10.4. The summed E-state index contributed by atoms with van der Waals surface area (Å²) >= 11 is 5.91. The molecule has 2 aromatic rings. The SMILES string of the molecule is CN(Cc1cc(-c2ccc(Cl)cc2)no1)C1CCCCC1. The second-order valence-corrected chi connectivity index (χ2v) is 6.33. The summed E-state index contributed by atoms with van der Waals surface area (Å²) in [7, 11) is 2.18. The number of hydrogen-bond acceptors (Lipinski definition) is 3. The van der Waals surface area contributed by atoms with Gasteiger partial charge in [-0.1, -0.05) is 48.2 Å².